The predicted molar refractivity (Wildman–Crippen MR) is 201 cm³/mol. The Hall–Kier alpha value is -1.79. The van der Waals surface area contributed by atoms with E-state index in [0.717, 1.165) is 0 Å². The van der Waals surface area contributed by atoms with Gasteiger partial charge in [-0.3, -0.25) is 14.4 Å². The maximum Gasteiger partial charge on any atom is 0.311 e. The second kappa shape index (κ2) is 18.9. The minimum atomic E-state index is -1.98. The van der Waals surface area contributed by atoms with Gasteiger partial charge in [-0.15, -0.1) is 0 Å². The largest absolute Gasteiger partial charge is 0.459 e. The van der Waals surface area contributed by atoms with Crippen molar-refractivity contribution in [3.05, 3.63) is 0 Å². The number of aliphatic hydroxyl groups excluding tert-OH is 2. The molecule has 0 aromatic rings. The Balaban J connectivity index is 2.27. The number of Topliss-reactive ketones (excluding diaryl/α,β-unsaturated/α-hetero) is 1. The standard InChI is InChI=1S/C40H71NO14/c1-16-28-40(11,47)33(44)22(4)30(43)20(2)18-39(10,49-15)35(55-37-32(52-26(8)42)27(41(12)13)17-21(3)50-37)23(5)31(24(6)36(46)53-28)54-29-19-38(9,48-14)34(45)25(7)51-29/h20-25,27-29,31-35,37,44-45,47H,16-19H2,1-15H3/t20-,21-,22-,23-,24-,25+,27+,28+,29+,31+,32-,33+,34+,35?,37+,38-,39-,40-/m1/s1. The van der Waals surface area contributed by atoms with Crippen molar-refractivity contribution < 1.29 is 67.6 Å². The lowest BCUT2D eigenvalue weighted by atomic mass is 9.74. The first-order valence-electron chi connectivity index (χ1n) is 19.8. The Kier molecular flexibility index (Phi) is 16.3. The van der Waals surface area contributed by atoms with Gasteiger partial charge < -0.3 is 58.1 Å². The third kappa shape index (κ3) is 10.5. The number of ketones is 1. The molecule has 3 rings (SSSR count). The van der Waals surface area contributed by atoms with Crippen LogP contribution in [0.3, 0.4) is 0 Å². The second-order valence-corrected chi connectivity index (χ2v) is 17.2. The zero-order valence-electron chi connectivity index (χ0n) is 35.8. The van der Waals surface area contributed by atoms with Crippen molar-refractivity contribution in [2.24, 2.45) is 23.7 Å². The van der Waals surface area contributed by atoms with Crippen molar-refractivity contribution in [3.63, 3.8) is 0 Å². The highest BCUT2D eigenvalue weighted by Gasteiger charge is 2.54. The molecule has 3 heterocycles. The molecule has 0 spiro atoms. The molecule has 15 nitrogen and oxygen atoms in total. The number of ether oxygens (including phenoxy) is 8. The Morgan fingerprint density at radius 2 is 1.47 bits per heavy atom. The van der Waals surface area contributed by atoms with Gasteiger partial charge >= 0.3 is 11.9 Å². The van der Waals surface area contributed by atoms with Gasteiger partial charge in [-0.05, 0) is 74.9 Å². The number of methoxy groups -OCH3 is 2. The molecule has 3 aliphatic heterocycles. The summed E-state index contributed by atoms with van der Waals surface area (Å²) < 4.78 is 50.3. The normalized spacial score (nSPS) is 46.9. The van der Waals surface area contributed by atoms with Crippen LogP contribution in [0.15, 0.2) is 0 Å². The van der Waals surface area contributed by atoms with Crippen LogP contribution in [0.4, 0.5) is 0 Å². The summed E-state index contributed by atoms with van der Waals surface area (Å²) in [4.78, 5) is 42.8. The van der Waals surface area contributed by atoms with Gasteiger partial charge in [0.1, 0.15) is 23.6 Å². The number of cyclic esters (lactones) is 1. The van der Waals surface area contributed by atoms with Gasteiger partial charge in [0.05, 0.1) is 53.7 Å². The number of esters is 2. The first-order chi connectivity index (χ1) is 25.4. The Morgan fingerprint density at radius 1 is 0.873 bits per heavy atom. The number of hydrogen-bond donors (Lipinski definition) is 3. The van der Waals surface area contributed by atoms with Gasteiger partial charge in [-0.25, -0.2) is 0 Å². The van der Waals surface area contributed by atoms with E-state index in [1.54, 1.807) is 48.5 Å². The molecular weight excluding hydrogens is 718 g/mol. The number of hydrogen-bond acceptors (Lipinski definition) is 15. The van der Waals surface area contributed by atoms with Gasteiger partial charge in [-0.2, -0.15) is 0 Å². The van der Waals surface area contributed by atoms with Crippen molar-refractivity contribution >= 4 is 17.7 Å². The summed E-state index contributed by atoms with van der Waals surface area (Å²) in [5.74, 6) is -5.13. The lowest BCUT2D eigenvalue weighted by Crippen LogP contribution is -2.62. The molecule has 3 aliphatic rings. The van der Waals surface area contributed by atoms with E-state index in [1.165, 1.54) is 28.1 Å². The molecule has 18 atom stereocenters. The van der Waals surface area contributed by atoms with Crippen LogP contribution in [0.25, 0.3) is 0 Å². The lowest BCUT2D eigenvalue weighted by Gasteiger charge is -2.50. The average Bonchev–Trinajstić information content (AvgIpc) is 3.12. The highest BCUT2D eigenvalue weighted by molar-refractivity contribution is 5.83. The van der Waals surface area contributed by atoms with Crippen molar-refractivity contribution in [3.8, 4) is 0 Å². The molecule has 3 fully saturated rings. The molecule has 15 heteroatoms. The fraction of sp³-hybridized carbons (Fsp3) is 0.925. The number of nitrogens with zero attached hydrogens (tertiary/aromatic N) is 1. The van der Waals surface area contributed by atoms with Crippen molar-refractivity contribution in [1.29, 1.82) is 0 Å². The smallest absolute Gasteiger partial charge is 0.311 e. The summed E-state index contributed by atoms with van der Waals surface area (Å²) >= 11 is 0. The number of likely N-dealkylation sites (N-methyl/N-ethyl adjacent to an activating group) is 1. The molecule has 1 unspecified atom stereocenters. The molecule has 3 saturated heterocycles. The first-order valence-corrected chi connectivity index (χ1v) is 19.8. The third-order valence-corrected chi connectivity index (χ3v) is 12.5. The maximum atomic E-state index is 14.3. The highest BCUT2D eigenvalue weighted by Crippen LogP contribution is 2.42. The van der Waals surface area contributed by atoms with Gasteiger partial charge in [-0.1, -0.05) is 27.7 Å². The minimum Gasteiger partial charge on any atom is -0.459 e. The molecule has 0 aromatic heterocycles. The molecule has 320 valence electrons. The van der Waals surface area contributed by atoms with E-state index in [1.807, 2.05) is 32.8 Å². The number of carbonyl (C=O) groups is 3. The van der Waals surface area contributed by atoms with Crippen LogP contribution in [0.1, 0.15) is 102 Å². The van der Waals surface area contributed by atoms with Gasteiger partial charge in [0.15, 0.2) is 18.7 Å². The molecule has 55 heavy (non-hydrogen) atoms. The Morgan fingerprint density at radius 3 is 2.00 bits per heavy atom. The summed E-state index contributed by atoms with van der Waals surface area (Å²) in [5, 5.41) is 34.1. The van der Waals surface area contributed by atoms with Gasteiger partial charge in [0.25, 0.3) is 0 Å². The third-order valence-electron chi connectivity index (χ3n) is 12.5. The highest BCUT2D eigenvalue weighted by atomic mass is 16.7. The summed E-state index contributed by atoms with van der Waals surface area (Å²) in [5.41, 5.74) is -4.32. The fourth-order valence-corrected chi connectivity index (χ4v) is 8.89. The zero-order valence-corrected chi connectivity index (χ0v) is 35.8. The van der Waals surface area contributed by atoms with Gasteiger partial charge in [0, 0.05) is 45.3 Å². The maximum absolute atomic E-state index is 14.3. The summed E-state index contributed by atoms with van der Waals surface area (Å²) in [6, 6.07) is -0.280. The van der Waals surface area contributed by atoms with E-state index in [4.69, 9.17) is 37.9 Å². The van der Waals surface area contributed by atoms with Crippen LogP contribution >= 0.6 is 0 Å². The van der Waals surface area contributed by atoms with Crippen LogP contribution in [-0.2, 0) is 52.3 Å². The number of aliphatic hydroxyl groups is 3. The fourth-order valence-electron chi connectivity index (χ4n) is 8.89. The quantitative estimate of drug-likeness (QED) is 0.289. The van der Waals surface area contributed by atoms with Crippen LogP contribution in [-0.4, -0.2) is 151 Å². The van der Waals surface area contributed by atoms with Gasteiger partial charge in [0.2, 0.25) is 0 Å². The zero-order chi connectivity index (χ0) is 42.0. The van der Waals surface area contributed by atoms with Crippen molar-refractivity contribution in [2.45, 2.75) is 186 Å². The van der Waals surface area contributed by atoms with Crippen molar-refractivity contribution in [2.75, 3.05) is 28.3 Å². The second-order valence-electron chi connectivity index (χ2n) is 17.2. The van der Waals surface area contributed by atoms with Crippen LogP contribution in [0.5, 0.6) is 0 Å². The summed E-state index contributed by atoms with van der Waals surface area (Å²) in [7, 11) is 6.77. The topological polar surface area (TPSA) is 189 Å². The molecule has 0 amide bonds. The first kappa shape index (κ1) is 47.6. The minimum absolute atomic E-state index is 0.0851. The van der Waals surface area contributed by atoms with Crippen LogP contribution in [0.2, 0.25) is 0 Å². The van der Waals surface area contributed by atoms with E-state index in [-0.39, 0.29) is 37.2 Å². The van der Waals surface area contributed by atoms with Crippen molar-refractivity contribution in [1.82, 2.24) is 4.90 Å². The Bertz CT molecular complexity index is 1300. The molecule has 0 radical (unpaired) electrons. The number of rotatable bonds is 9. The Labute approximate surface area is 327 Å². The molecule has 0 aromatic carbocycles. The van der Waals surface area contributed by atoms with E-state index in [2.05, 4.69) is 0 Å². The van der Waals surface area contributed by atoms with E-state index < -0.39 is 108 Å². The molecule has 3 N–H and O–H groups in total. The number of carbonyl (C=O) groups excluding carboxylic acids is 3. The van der Waals surface area contributed by atoms with Crippen LogP contribution in [0, 0.1) is 23.7 Å². The van der Waals surface area contributed by atoms with E-state index in [9.17, 15) is 29.7 Å². The van der Waals surface area contributed by atoms with E-state index >= 15 is 0 Å². The predicted octanol–water partition coefficient (Wildman–Crippen LogP) is 3.01. The van der Waals surface area contributed by atoms with E-state index in [0.29, 0.717) is 6.42 Å². The molecule has 0 aliphatic carbocycles. The molecule has 0 bridgehead atoms. The molecule has 0 saturated carbocycles. The molecular formula is C40H71NO14. The summed E-state index contributed by atoms with van der Waals surface area (Å²) in [6.07, 6.45) is -8.82. The SMILES string of the molecule is CC[C@@H]1OC(=O)[C@H](C)[C@@H](O[C@H]2C[C@@](C)(OC)[C@@H](O)[C@H](C)O2)[C@@H](C)C(O[C@@H]2O[C@H](C)C[C@H](N(C)C)[C@H]2OC(C)=O)[C@](C)(OC)C[C@@H](C)C(=O)[C@@H](C)[C@H](O)[C@]1(C)O. The van der Waals surface area contributed by atoms with Crippen LogP contribution < -0.4 is 0 Å². The average molecular weight is 790 g/mol. The lowest BCUT2D eigenvalue weighted by molar-refractivity contribution is -0.320. The summed E-state index contributed by atoms with van der Waals surface area (Å²) in [6.45, 7) is 18.3. The monoisotopic (exact) mass is 789 g/mol.